The van der Waals surface area contributed by atoms with Crippen molar-refractivity contribution in [3.63, 3.8) is 0 Å². The number of hydrogen-bond acceptors (Lipinski definition) is 3. The Morgan fingerprint density at radius 2 is 1.45 bits per heavy atom. The zero-order valence-electron chi connectivity index (χ0n) is 33.5. The second kappa shape index (κ2) is 23.2. The highest BCUT2D eigenvalue weighted by Crippen LogP contribution is 2.38. The van der Waals surface area contributed by atoms with Gasteiger partial charge in [0.1, 0.15) is 0 Å². The largest absolute Gasteiger partial charge is 0.311 e. The van der Waals surface area contributed by atoms with Crippen molar-refractivity contribution in [3.05, 3.63) is 131 Å². The lowest BCUT2D eigenvalue weighted by molar-refractivity contribution is 0.877. The molecule has 0 spiro atoms. The Hall–Kier alpha value is -4.28. The summed E-state index contributed by atoms with van der Waals surface area (Å²) in [5.41, 5.74) is 9.06. The van der Waals surface area contributed by atoms with Crippen LogP contribution in [0.15, 0.2) is 120 Å². The zero-order valence-corrected chi connectivity index (χ0v) is 34.4. The van der Waals surface area contributed by atoms with E-state index in [0.717, 1.165) is 41.6 Å². The Kier molecular flexibility index (Phi) is 19.5. The maximum absolute atomic E-state index is 5.36. The highest BCUT2D eigenvalue weighted by Gasteiger charge is 2.17. The molecule has 3 heterocycles. The molecule has 0 saturated heterocycles. The number of nitrogens with zero attached hydrogens (tertiary/aromatic N) is 3. The van der Waals surface area contributed by atoms with Crippen molar-refractivity contribution in [3.8, 4) is 0 Å². The minimum atomic E-state index is 0.0285. The number of aryl methyl sites for hydroxylation is 2. The topological polar surface area (TPSA) is 30.2 Å². The van der Waals surface area contributed by atoms with E-state index in [2.05, 4.69) is 169 Å². The summed E-state index contributed by atoms with van der Waals surface area (Å²) in [5, 5.41) is 2.49. The van der Waals surface area contributed by atoms with E-state index in [1.165, 1.54) is 49.1 Å². The van der Waals surface area contributed by atoms with Crippen LogP contribution in [0.1, 0.15) is 111 Å². The van der Waals surface area contributed by atoms with Crippen molar-refractivity contribution in [2.75, 3.05) is 0 Å². The van der Waals surface area contributed by atoms with Crippen molar-refractivity contribution in [1.82, 2.24) is 9.55 Å². The van der Waals surface area contributed by atoms with E-state index in [4.69, 9.17) is 9.98 Å². The van der Waals surface area contributed by atoms with E-state index >= 15 is 0 Å². The zero-order chi connectivity index (χ0) is 37.8. The predicted octanol–water partition coefficient (Wildman–Crippen LogP) is 15.0. The van der Waals surface area contributed by atoms with Crippen LogP contribution in [0, 0.1) is 13.8 Å². The summed E-state index contributed by atoms with van der Waals surface area (Å²) in [7, 11) is 0. The standard InChI is InChI=1S/C40H43N3S.C3H8.2C2H6/c1-7-10-17-31(16-8-2)30(6)42-36(32-18-12-11-13-19-32)26-33(9-3)43-37-21-15-14-20-34(37)39-38(43)27-41-35-25-23-28(4)22-24-29(5)44-40(35)39;1-3-2;2*1-2/h10-27,30H,7-9H2,1-6H3;3H2,1-2H3;2*1-2H3/b17-10-,25-23?,28-22?,29-24?,31-16?,33-26+,42-36?;;;. The van der Waals surface area contributed by atoms with Gasteiger partial charge in [-0.15, -0.1) is 11.3 Å². The molecule has 5 aromatic rings. The minimum absolute atomic E-state index is 0.0285. The molecule has 51 heavy (non-hydrogen) atoms. The second-order valence-corrected chi connectivity index (χ2v) is 13.1. The van der Waals surface area contributed by atoms with Gasteiger partial charge in [-0.3, -0.25) is 9.98 Å². The van der Waals surface area contributed by atoms with Gasteiger partial charge >= 0.3 is 0 Å². The maximum Gasteiger partial charge on any atom is 0.0809 e. The first-order valence-corrected chi connectivity index (χ1v) is 20.0. The third-order valence-electron chi connectivity index (χ3n) is 7.87. The maximum atomic E-state index is 5.36. The van der Waals surface area contributed by atoms with Gasteiger partial charge in [0, 0.05) is 21.3 Å². The first-order chi connectivity index (χ1) is 24.9. The van der Waals surface area contributed by atoms with Crippen molar-refractivity contribution in [2.24, 2.45) is 4.99 Å². The molecule has 0 saturated carbocycles. The third-order valence-corrected chi connectivity index (χ3v) is 8.94. The second-order valence-electron chi connectivity index (χ2n) is 11.9. The first-order valence-electron chi connectivity index (χ1n) is 19.2. The third kappa shape index (κ3) is 11.6. The van der Waals surface area contributed by atoms with Crippen LogP contribution < -0.4 is 0 Å². The van der Waals surface area contributed by atoms with Crippen molar-refractivity contribution in [1.29, 1.82) is 0 Å². The highest BCUT2D eigenvalue weighted by molar-refractivity contribution is 7.19. The molecule has 0 amide bonds. The highest BCUT2D eigenvalue weighted by atomic mass is 32.1. The van der Waals surface area contributed by atoms with Crippen LogP contribution in [-0.4, -0.2) is 21.3 Å². The number of hydrogen-bond donors (Lipinski definition) is 0. The number of aliphatic imine (C=N–C) groups is 1. The van der Waals surface area contributed by atoms with Gasteiger partial charge < -0.3 is 4.57 Å². The lowest BCUT2D eigenvalue weighted by atomic mass is 10.0. The number of pyridine rings is 1. The SMILES string of the molecule is CC.CC.CCC.CCC=C(/C=C\CC)C(C)N=C(/C=C(\CC)n1c2ccccc2c2c3sc(C)ccc(C)ccc3ncc21)c1ccccc1. The van der Waals surface area contributed by atoms with Crippen molar-refractivity contribution < 1.29 is 0 Å². The summed E-state index contributed by atoms with van der Waals surface area (Å²) in [4.78, 5) is 11.6. The molecule has 4 heteroatoms. The number of benzene rings is 2. The summed E-state index contributed by atoms with van der Waals surface area (Å²) >= 11 is 1.81. The van der Waals surface area contributed by atoms with Crippen LogP contribution in [0.3, 0.4) is 0 Å². The van der Waals surface area contributed by atoms with Crippen LogP contribution >= 0.6 is 11.3 Å². The number of fused-ring (bicyclic) bond motifs is 5. The molecule has 272 valence electrons. The molecule has 0 aliphatic rings. The van der Waals surface area contributed by atoms with Gasteiger partial charge in [0.05, 0.1) is 39.2 Å². The average molecular weight is 702 g/mol. The average Bonchev–Trinajstić information content (AvgIpc) is 3.53. The van der Waals surface area contributed by atoms with Crippen LogP contribution in [0.2, 0.25) is 0 Å². The van der Waals surface area contributed by atoms with Crippen LogP contribution in [-0.2, 0) is 0 Å². The van der Waals surface area contributed by atoms with E-state index in [1.807, 2.05) is 27.7 Å². The summed E-state index contributed by atoms with van der Waals surface area (Å²) < 4.78 is 3.60. The molecule has 1 unspecified atom stereocenters. The number of allylic oxidation sites excluding steroid dienone is 4. The Morgan fingerprint density at radius 3 is 2.10 bits per heavy atom. The predicted molar refractivity (Wildman–Crippen MR) is 233 cm³/mol. The Balaban J connectivity index is 0.00000120. The van der Waals surface area contributed by atoms with E-state index in [-0.39, 0.29) is 6.04 Å². The van der Waals surface area contributed by atoms with Gasteiger partial charge in [-0.1, -0.05) is 153 Å². The molecular weight excluding hydrogens is 639 g/mol. The molecule has 3 nitrogen and oxygen atoms in total. The Bertz CT molecular complexity index is 1970. The lowest BCUT2D eigenvalue weighted by Crippen LogP contribution is -2.09. The number of aromatic nitrogens is 2. The monoisotopic (exact) mass is 701 g/mol. The molecule has 0 bridgehead atoms. The number of para-hydroxylation sites is 1. The molecule has 2 aromatic carbocycles. The Labute approximate surface area is 313 Å². The first kappa shape index (κ1) is 42.9. The normalized spacial score (nSPS) is 12.4. The molecular formula is C47H63N3S. The smallest absolute Gasteiger partial charge is 0.0809 e. The van der Waals surface area contributed by atoms with Crippen LogP contribution in [0.5, 0.6) is 0 Å². The van der Waals surface area contributed by atoms with E-state index in [9.17, 15) is 0 Å². The molecule has 0 N–H and O–H groups in total. The van der Waals surface area contributed by atoms with E-state index < -0.39 is 0 Å². The molecule has 0 aliphatic heterocycles. The van der Waals surface area contributed by atoms with Gasteiger partial charge in [0.25, 0.3) is 0 Å². The molecule has 5 rings (SSSR count). The van der Waals surface area contributed by atoms with Gasteiger partial charge in [-0.05, 0) is 75.4 Å². The summed E-state index contributed by atoms with van der Waals surface area (Å²) in [5.74, 6) is 0. The van der Waals surface area contributed by atoms with Crippen molar-refractivity contribution >= 4 is 54.8 Å². The quantitative estimate of drug-likeness (QED) is 0.111. The van der Waals surface area contributed by atoms with Crippen molar-refractivity contribution in [2.45, 2.75) is 115 Å². The summed E-state index contributed by atoms with van der Waals surface area (Å²) in [6.45, 7) is 25.4. The molecule has 1 atom stereocenters. The summed E-state index contributed by atoms with van der Waals surface area (Å²) in [6.07, 6.45) is 15.2. The fourth-order valence-electron chi connectivity index (χ4n) is 5.62. The minimum Gasteiger partial charge on any atom is -0.311 e. The van der Waals surface area contributed by atoms with Gasteiger partial charge in [-0.2, -0.15) is 0 Å². The number of rotatable bonds is 9. The van der Waals surface area contributed by atoms with Gasteiger partial charge in [0.15, 0.2) is 0 Å². The fraction of sp³-hybridized carbons (Fsp3) is 0.362. The van der Waals surface area contributed by atoms with Gasteiger partial charge in [0.2, 0.25) is 0 Å². The lowest BCUT2D eigenvalue weighted by Gasteiger charge is -2.15. The molecule has 3 aromatic heterocycles. The van der Waals surface area contributed by atoms with Crippen LogP contribution in [0.4, 0.5) is 0 Å². The molecule has 0 radical (unpaired) electrons. The fourth-order valence-corrected chi connectivity index (χ4v) is 6.62. The van der Waals surface area contributed by atoms with E-state index in [1.54, 1.807) is 11.3 Å². The van der Waals surface area contributed by atoms with Gasteiger partial charge in [-0.25, -0.2) is 0 Å². The van der Waals surface area contributed by atoms with Crippen LogP contribution in [0.25, 0.3) is 37.7 Å². The van der Waals surface area contributed by atoms with E-state index in [0.29, 0.717) is 0 Å². The molecule has 0 fully saturated rings. The summed E-state index contributed by atoms with van der Waals surface area (Å²) in [6, 6.07) is 28.0. The molecule has 0 aliphatic carbocycles. The Morgan fingerprint density at radius 1 is 0.804 bits per heavy atom.